The second kappa shape index (κ2) is 6.57. The van der Waals surface area contributed by atoms with Crippen molar-refractivity contribution in [1.82, 2.24) is 9.97 Å². The van der Waals surface area contributed by atoms with E-state index in [4.69, 9.17) is 4.74 Å². The summed E-state index contributed by atoms with van der Waals surface area (Å²) in [4.78, 5) is 11.3. The summed E-state index contributed by atoms with van der Waals surface area (Å²) in [5, 5.41) is 5.49. The summed E-state index contributed by atoms with van der Waals surface area (Å²) in [5.41, 5.74) is 5.41. The summed E-state index contributed by atoms with van der Waals surface area (Å²) in [6.45, 7) is 0. The number of rotatable bonds is 4. The molecule has 0 saturated carbocycles. The van der Waals surface area contributed by atoms with E-state index in [1.807, 2.05) is 24.3 Å². The van der Waals surface area contributed by atoms with E-state index in [0.29, 0.717) is 0 Å². The SMILES string of the molecule is COc1ccccc1C=NNc1ncnc2sc3c(c12)CCCC3. The fourth-order valence-corrected chi connectivity index (χ4v) is 4.34. The van der Waals surface area contributed by atoms with Gasteiger partial charge in [0.25, 0.3) is 0 Å². The Labute approximate surface area is 144 Å². The molecule has 0 fully saturated rings. The predicted octanol–water partition coefficient (Wildman–Crippen LogP) is 4.02. The maximum absolute atomic E-state index is 5.34. The minimum atomic E-state index is 0.783. The lowest BCUT2D eigenvalue weighted by Crippen LogP contribution is -2.01. The molecule has 0 bridgehead atoms. The zero-order valence-electron chi connectivity index (χ0n) is 13.5. The lowest BCUT2D eigenvalue weighted by Gasteiger charge is -2.11. The number of methoxy groups -OCH3 is 1. The fourth-order valence-electron chi connectivity index (χ4n) is 3.11. The molecule has 3 aromatic rings. The normalized spacial score (nSPS) is 14.0. The van der Waals surface area contributed by atoms with Gasteiger partial charge in [-0.1, -0.05) is 12.1 Å². The highest BCUT2D eigenvalue weighted by Gasteiger charge is 2.19. The number of anilines is 1. The van der Waals surface area contributed by atoms with Crippen molar-refractivity contribution in [2.24, 2.45) is 5.10 Å². The van der Waals surface area contributed by atoms with Gasteiger partial charge in [-0.2, -0.15) is 5.10 Å². The third-order valence-corrected chi connectivity index (χ3v) is 5.46. The van der Waals surface area contributed by atoms with Crippen LogP contribution in [-0.4, -0.2) is 23.3 Å². The van der Waals surface area contributed by atoms with Gasteiger partial charge in [-0.25, -0.2) is 9.97 Å². The minimum absolute atomic E-state index is 0.783. The molecule has 122 valence electrons. The number of aromatic nitrogens is 2. The van der Waals surface area contributed by atoms with Crippen molar-refractivity contribution in [3.63, 3.8) is 0 Å². The van der Waals surface area contributed by atoms with Crippen LogP contribution in [0.15, 0.2) is 35.7 Å². The third-order valence-electron chi connectivity index (χ3n) is 4.26. The number of ether oxygens (including phenoxy) is 1. The standard InChI is InChI=1S/C18H18N4OS/c1-23-14-8-4-2-6-12(14)10-21-22-17-16-13-7-3-5-9-15(13)24-18(16)20-11-19-17/h2,4,6,8,10-11H,3,5,7,9H2,1H3,(H,19,20,22). The molecule has 0 spiro atoms. The molecule has 24 heavy (non-hydrogen) atoms. The van der Waals surface area contributed by atoms with Crippen LogP contribution in [0.2, 0.25) is 0 Å². The highest BCUT2D eigenvalue weighted by molar-refractivity contribution is 7.19. The quantitative estimate of drug-likeness (QED) is 0.576. The summed E-state index contributed by atoms with van der Waals surface area (Å²) in [7, 11) is 1.66. The first-order valence-electron chi connectivity index (χ1n) is 8.04. The van der Waals surface area contributed by atoms with E-state index >= 15 is 0 Å². The summed E-state index contributed by atoms with van der Waals surface area (Å²) < 4.78 is 5.34. The van der Waals surface area contributed by atoms with Crippen molar-refractivity contribution in [2.45, 2.75) is 25.7 Å². The average molecular weight is 338 g/mol. The minimum Gasteiger partial charge on any atom is -0.496 e. The Morgan fingerprint density at radius 1 is 1.21 bits per heavy atom. The Bertz CT molecular complexity index is 903. The van der Waals surface area contributed by atoms with Gasteiger partial charge in [0.1, 0.15) is 16.9 Å². The van der Waals surface area contributed by atoms with Crippen molar-refractivity contribution in [3.05, 3.63) is 46.6 Å². The maximum Gasteiger partial charge on any atom is 0.158 e. The Kier molecular flexibility index (Phi) is 4.13. The van der Waals surface area contributed by atoms with Crippen LogP contribution < -0.4 is 10.2 Å². The first-order chi connectivity index (χ1) is 11.9. The fraction of sp³-hybridized carbons (Fsp3) is 0.278. The Balaban J connectivity index is 1.65. The molecular formula is C18H18N4OS. The van der Waals surface area contributed by atoms with E-state index in [2.05, 4.69) is 20.5 Å². The molecule has 1 aliphatic rings. The summed E-state index contributed by atoms with van der Waals surface area (Å²) in [6.07, 6.45) is 8.12. The number of aryl methyl sites for hydroxylation is 2. The van der Waals surface area contributed by atoms with Gasteiger partial charge in [-0.05, 0) is 43.4 Å². The highest BCUT2D eigenvalue weighted by atomic mass is 32.1. The zero-order valence-corrected chi connectivity index (χ0v) is 14.3. The lowest BCUT2D eigenvalue weighted by molar-refractivity contribution is 0.414. The van der Waals surface area contributed by atoms with Gasteiger partial charge in [0.05, 0.1) is 18.7 Å². The average Bonchev–Trinajstić information content (AvgIpc) is 3.01. The van der Waals surface area contributed by atoms with Crippen LogP contribution in [0.5, 0.6) is 5.75 Å². The number of fused-ring (bicyclic) bond motifs is 3. The molecule has 2 aromatic heterocycles. The van der Waals surface area contributed by atoms with Gasteiger partial charge in [-0.3, -0.25) is 5.43 Å². The van der Waals surface area contributed by atoms with Crippen LogP contribution in [0, 0.1) is 0 Å². The van der Waals surface area contributed by atoms with E-state index < -0.39 is 0 Å². The van der Waals surface area contributed by atoms with Crippen LogP contribution in [0.1, 0.15) is 28.8 Å². The van der Waals surface area contributed by atoms with Crippen molar-refractivity contribution >= 4 is 33.6 Å². The Hall–Kier alpha value is -2.47. The van der Waals surface area contributed by atoms with Crippen LogP contribution >= 0.6 is 11.3 Å². The number of nitrogens with one attached hydrogen (secondary N) is 1. The van der Waals surface area contributed by atoms with Crippen molar-refractivity contribution in [1.29, 1.82) is 0 Å². The number of benzene rings is 1. The van der Waals surface area contributed by atoms with E-state index in [1.165, 1.54) is 23.3 Å². The molecule has 1 N–H and O–H groups in total. The van der Waals surface area contributed by atoms with E-state index in [0.717, 1.165) is 40.2 Å². The molecule has 0 unspecified atom stereocenters. The topological polar surface area (TPSA) is 59.4 Å². The zero-order chi connectivity index (χ0) is 16.4. The van der Waals surface area contributed by atoms with Crippen LogP contribution in [0.3, 0.4) is 0 Å². The predicted molar refractivity (Wildman–Crippen MR) is 98.3 cm³/mol. The molecule has 0 saturated heterocycles. The van der Waals surface area contributed by atoms with Gasteiger partial charge in [0, 0.05) is 10.4 Å². The second-order valence-electron chi connectivity index (χ2n) is 5.73. The van der Waals surface area contributed by atoms with Crippen LogP contribution in [0.4, 0.5) is 5.82 Å². The first-order valence-corrected chi connectivity index (χ1v) is 8.86. The molecule has 0 aliphatic heterocycles. The number of para-hydroxylation sites is 1. The third kappa shape index (κ3) is 2.73. The highest BCUT2D eigenvalue weighted by Crippen LogP contribution is 2.38. The molecule has 0 amide bonds. The number of hydrogen-bond acceptors (Lipinski definition) is 6. The summed E-state index contributed by atoms with van der Waals surface area (Å²) in [6, 6.07) is 7.78. The van der Waals surface area contributed by atoms with Crippen LogP contribution in [0.25, 0.3) is 10.2 Å². The molecule has 5 nitrogen and oxygen atoms in total. The van der Waals surface area contributed by atoms with Gasteiger partial charge in [-0.15, -0.1) is 11.3 Å². The van der Waals surface area contributed by atoms with Crippen LogP contribution in [-0.2, 0) is 12.8 Å². The van der Waals surface area contributed by atoms with Crippen molar-refractivity contribution in [3.8, 4) is 5.75 Å². The van der Waals surface area contributed by atoms with Gasteiger partial charge < -0.3 is 4.74 Å². The number of hydrogen-bond donors (Lipinski definition) is 1. The molecule has 1 aromatic carbocycles. The number of hydrazone groups is 1. The van der Waals surface area contributed by atoms with Gasteiger partial charge in [0.2, 0.25) is 0 Å². The molecule has 4 rings (SSSR count). The molecule has 2 heterocycles. The van der Waals surface area contributed by atoms with E-state index in [9.17, 15) is 0 Å². The first kappa shape index (κ1) is 15.1. The van der Waals surface area contributed by atoms with Gasteiger partial charge >= 0.3 is 0 Å². The van der Waals surface area contributed by atoms with Crippen molar-refractivity contribution in [2.75, 3.05) is 12.5 Å². The Morgan fingerprint density at radius 2 is 2.08 bits per heavy atom. The molecule has 1 aliphatic carbocycles. The summed E-state index contributed by atoms with van der Waals surface area (Å²) >= 11 is 1.79. The maximum atomic E-state index is 5.34. The summed E-state index contributed by atoms with van der Waals surface area (Å²) in [5.74, 6) is 1.58. The largest absolute Gasteiger partial charge is 0.496 e. The van der Waals surface area contributed by atoms with E-state index in [1.54, 1.807) is 31.0 Å². The monoisotopic (exact) mass is 338 g/mol. The second-order valence-corrected chi connectivity index (χ2v) is 6.81. The molecule has 0 radical (unpaired) electrons. The number of nitrogens with zero attached hydrogens (tertiary/aromatic N) is 3. The molecule has 0 atom stereocenters. The molecular weight excluding hydrogens is 320 g/mol. The van der Waals surface area contributed by atoms with Crippen molar-refractivity contribution < 1.29 is 4.74 Å². The van der Waals surface area contributed by atoms with Gasteiger partial charge in [0.15, 0.2) is 5.82 Å². The van der Waals surface area contributed by atoms with E-state index in [-0.39, 0.29) is 0 Å². The smallest absolute Gasteiger partial charge is 0.158 e. The number of thiophene rings is 1. The Morgan fingerprint density at radius 3 is 3.00 bits per heavy atom. The molecule has 6 heteroatoms. The lowest BCUT2D eigenvalue weighted by atomic mass is 9.97.